The molecule has 4 heteroatoms. The van der Waals surface area contributed by atoms with Gasteiger partial charge in [-0.1, -0.05) is 13.8 Å². The highest BCUT2D eigenvalue weighted by atomic mass is 16.3. The van der Waals surface area contributed by atoms with E-state index in [0.29, 0.717) is 5.92 Å². The molecule has 106 valence electrons. The summed E-state index contributed by atoms with van der Waals surface area (Å²) < 4.78 is 0. The first-order chi connectivity index (χ1) is 8.45. The molecule has 4 nitrogen and oxygen atoms in total. The summed E-state index contributed by atoms with van der Waals surface area (Å²) in [6.45, 7) is 10.1. The largest absolute Gasteiger partial charge is 0.394 e. The normalized spacial score (nSPS) is 20.4. The lowest BCUT2D eigenvalue weighted by atomic mass is 9.86. The topological polar surface area (TPSA) is 52.6 Å². The van der Waals surface area contributed by atoms with E-state index in [1.807, 2.05) is 13.8 Å². The van der Waals surface area contributed by atoms with Crippen LogP contribution in [0.5, 0.6) is 0 Å². The molecule has 1 unspecified atom stereocenters. The van der Waals surface area contributed by atoms with Gasteiger partial charge in [0.15, 0.2) is 0 Å². The van der Waals surface area contributed by atoms with Crippen LogP contribution in [0.4, 0.5) is 0 Å². The van der Waals surface area contributed by atoms with E-state index in [4.69, 9.17) is 0 Å². The molecule has 18 heavy (non-hydrogen) atoms. The number of carbonyl (C=O) groups is 1. The molecule has 0 aromatic rings. The Kier molecular flexibility index (Phi) is 6.09. The van der Waals surface area contributed by atoms with Crippen LogP contribution in [0.25, 0.3) is 0 Å². The molecule has 1 saturated heterocycles. The summed E-state index contributed by atoms with van der Waals surface area (Å²) in [6, 6.07) is -0.250. The smallest absolute Gasteiger partial charge is 0.239 e. The minimum atomic E-state index is -0.375. The van der Waals surface area contributed by atoms with Crippen molar-refractivity contribution in [2.45, 2.75) is 52.6 Å². The number of aliphatic hydroxyl groups excluding tert-OH is 1. The van der Waals surface area contributed by atoms with Gasteiger partial charge >= 0.3 is 0 Å². The lowest BCUT2D eigenvalue weighted by Crippen LogP contribution is -2.53. The van der Waals surface area contributed by atoms with E-state index in [1.54, 1.807) is 0 Å². The molecule has 1 atom stereocenters. The summed E-state index contributed by atoms with van der Waals surface area (Å²) in [7, 11) is 0. The fourth-order valence-corrected chi connectivity index (χ4v) is 2.64. The number of carbonyl (C=O) groups excluding carboxylic acids is 1. The molecule has 0 radical (unpaired) electrons. The summed E-state index contributed by atoms with van der Waals surface area (Å²) in [4.78, 5) is 14.1. The summed E-state index contributed by atoms with van der Waals surface area (Å²) in [6.07, 6.45) is 2.26. The molecule has 2 N–H and O–H groups in total. The summed E-state index contributed by atoms with van der Waals surface area (Å²) in [5, 5.41) is 12.3. The van der Waals surface area contributed by atoms with Crippen molar-refractivity contribution in [2.75, 3.05) is 19.7 Å². The van der Waals surface area contributed by atoms with Crippen LogP contribution in [0, 0.1) is 11.8 Å². The van der Waals surface area contributed by atoms with Gasteiger partial charge in [0.05, 0.1) is 6.61 Å². The quantitative estimate of drug-likeness (QED) is 0.778. The number of aliphatic hydroxyl groups is 1. The Morgan fingerprint density at radius 3 is 2.22 bits per heavy atom. The number of piperidine rings is 1. The van der Waals surface area contributed by atoms with Crippen molar-refractivity contribution in [1.29, 1.82) is 0 Å². The first-order valence-corrected chi connectivity index (χ1v) is 7.11. The van der Waals surface area contributed by atoms with Crippen molar-refractivity contribution in [1.82, 2.24) is 10.2 Å². The Hall–Kier alpha value is -0.610. The lowest BCUT2D eigenvalue weighted by molar-refractivity contribution is -0.129. The average Bonchev–Trinajstić information content (AvgIpc) is 2.29. The van der Waals surface area contributed by atoms with Crippen LogP contribution in [0.3, 0.4) is 0 Å². The molecule has 1 aliphatic heterocycles. The van der Waals surface area contributed by atoms with Crippen LogP contribution in [0.15, 0.2) is 0 Å². The van der Waals surface area contributed by atoms with Gasteiger partial charge in [-0.25, -0.2) is 0 Å². The fraction of sp³-hybridized carbons (Fsp3) is 0.929. The molecule has 0 spiro atoms. The molecule has 0 aromatic heterocycles. The zero-order valence-electron chi connectivity index (χ0n) is 12.1. The Bertz CT molecular complexity index is 259. The predicted octanol–water partition coefficient (Wildman–Crippen LogP) is 1.24. The van der Waals surface area contributed by atoms with Gasteiger partial charge in [0, 0.05) is 6.04 Å². The monoisotopic (exact) mass is 256 g/mol. The van der Waals surface area contributed by atoms with Gasteiger partial charge in [-0.05, 0) is 51.6 Å². The Morgan fingerprint density at radius 2 is 1.83 bits per heavy atom. The molecule has 1 amide bonds. The highest BCUT2D eigenvalue weighted by Gasteiger charge is 2.30. The second-order valence-corrected chi connectivity index (χ2v) is 5.98. The molecule has 1 fully saturated rings. The summed E-state index contributed by atoms with van der Waals surface area (Å²) >= 11 is 0. The van der Waals surface area contributed by atoms with Crippen LogP contribution in [-0.4, -0.2) is 47.7 Å². The van der Waals surface area contributed by atoms with Gasteiger partial charge < -0.3 is 10.4 Å². The third kappa shape index (κ3) is 4.25. The van der Waals surface area contributed by atoms with E-state index in [2.05, 4.69) is 24.1 Å². The van der Waals surface area contributed by atoms with E-state index in [9.17, 15) is 9.90 Å². The number of nitrogens with zero attached hydrogens (tertiary/aromatic N) is 1. The highest BCUT2D eigenvalue weighted by Crippen LogP contribution is 2.25. The van der Waals surface area contributed by atoms with Crippen molar-refractivity contribution in [2.24, 2.45) is 11.8 Å². The van der Waals surface area contributed by atoms with Crippen LogP contribution in [0.2, 0.25) is 0 Å². The van der Waals surface area contributed by atoms with Crippen molar-refractivity contribution in [3.05, 3.63) is 0 Å². The standard InChI is InChI=1S/C14H28N2O2/c1-10(2)12-5-7-16(8-6-12)13(9-17)14(18)15-11(3)4/h10-13,17H,5-9H2,1-4H3,(H,15,18). The first-order valence-electron chi connectivity index (χ1n) is 7.11. The molecule has 1 heterocycles. The lowest BCUT2D eigenvalue weighted by Gasteiger charge is -2.37. The number of amides is 1. The molecule has 1 aliphatic rings. The van der Waals surface area contributed by atoms with Gasteiger partial charge in [-0.3, -0.25) is 9.69 Å². The summed E-state index contributed by atoms with van der Waals surface area (Å²) in [5.41, 5.74) is 0. The minimum absolute atomic E-state index is 0.0458. The maximum atomic E-state index is 12.0. The van der Waals surface area contributed by atoms with Crippen molar-refractivity contribution in [3.8, 4) is 0 Å². The second kappa shape index (κ2) is 7.10. The van der Waals surface area contributed by atoms with Crippen LogP contribution in [-0.2, 0) is 4.79 Å². The zero-order chi connectivity index (χ0) is 13.7. The van der Waals surface area contributed by atoms with E-state index < -0.39 is 0 Å². The third-order valence-electron chi connectivity index (χ3n) is 3.86. The molecular formula is C14H28N2O2. The van der Waals surface area contributed by atoms with Gasteiger partial charge in [0.25, 0.3) is 0 Å². The molecule has 0 bridgehead atoms. The SMILES string of the molecule is CC(C)NC(=O)C(CO)N1CCC(C(C)C)CC1. The van der Waals surface area contributed by atoms with E-state index in [0.717, 1.165) is 31.8 Å². The van der Waals surface area contributed by atoms with Crippen molar-refractivity contribution >= 4 is 5.91 Å². The number of hydrogen-bond acceptors (Lipinski definition) is 3. The molecule has 1 rings (SSSR count). The van der Waals surface area contributed by atoms with Gasteiger partial charge in [-0.15, -0.1) is 0 Å². The zero-order valence-corrected chi connectivity index (χ0v) is 12.1. The maximum Gasteiger partial charge on any atom is 0.239 e. The van der Waals surface area contributed by atoms with Gasteiger partial charge in [0.2, 0.25) is 5.91 Å². The Balaban J connectivity index is 2.50. The summed E-state index contributed by atoms with van der Waals surface area (Å²) in [5.74, 6) is 1.42. The van der Waals surface area contributed by atoms with Crippen LogP contribution < -0.4 is 5.32 Å². The fourth-order valence-electron chi connectivity index (χ4n) is 2.64. The number of likely N-dealkylation sites (tertiary alicyclic amines) is 1. The van der Waals surface area contributed by atoms with E-state index >= 15 is 0 Å². The van der Waals surface area contributed by atoms with Crippen LogP contribution >= 0.6 is 0 Å². The van der Waals surface area contributed by atoms with Crippen LogP contribution in [0.1, 0.15) is 40.5 Å². The van der Waals surface area contributed by atoms with Gasteiger partial charge in [0.1, 0.15) is 6.04 Å². The van der Waals surface area contributed by atoms with Crippen molar-refractivity contribution < 1.29 is 9.90 Å². The Morgan fingerprint density at radius 1 is 1.28 bits per heavy atom. The number of rotatable bonds is 5. The average molecular weight is 256 g/mol. The Labute approximate surface area is 111 Å². The van der Waals surface area contributed by atoms with Crippen molar-refractivity contribution in [3.63, 3.8) is 0 Å². The number of nitrogens with one attached hydrogen (secondary N) is 1. The van der Waals surface area contributed by atoms with Gasteiger partial charge in [-0.2, -0.15) is 0 Å². The predicted molar refractivity (Wildman–Crippen MR) is 73.3 cm³/mol. The highest BCUT2D eigenvalue weighted by molar-refractivity contribution is 5.82. The maximum absolute atomic E-state index is 12.0. The number of hydrogen-bond donors (Lipinski definition) is 2. The first kappa shape index (κ1) is 15.4. The molecule has 0 saturated carbocycles. The third-order valence-corrected chi connectivity index (χ3v) is 3.86. The van der Waals surface area contributed by atoms with E-state index in [-0.39, 0.29) is 24.6 Å². The molecule has 0 aromatic carbocycles. The van der Waals surface area contributed by atoms with E-state index in [1.165, 1.54) is 0 Å². The second-order valence-electron chi connectivity index (χ2n) is 5.98. The molecule has 0 aliphatic carbocycles. The molecular weight excluding hydrogens is 228 g/mol. The minimum Gasteiger partial charge on any atom is -0.394 e.